The molecule has 0 spiro atoms. The normalized spacial score (nSPS) is 9.82. The Morgan fingerprint density at radius 2 is 1.36 bits per heavy atom. The van der Waals surface area contributed by atoms with E-state index < -0.39 is 0 Å². The Kier molecular flexibility index (Phi) is 10.3. The zero-order valence-corrected chi connectivity index (χ0v) is 21.9. The van der Waals surface area contributed by atoms with E-state index in [0.29, 0.717) is 0 Å². The number of rotatable bonds is 3. The molecule has 0 fully saturated rings. The van der Waals surface area contributed by atoms with Crippen LogP contribution in [0.25, 0.3) is 27.4 Å². The molecule has 0 amide bonds. The summed E-state index contributed by atoms with van der Waals surface area (Å²) in [5.74, 6) is 0. The van der Waals surface area contributed by atoms with Crippen molar-refractivity contribution < 1.29 is 51.0 Å². The molecule has 0 radical (unpaired) electrons. The molecular formula is C28H22Cl2N2Zr. The molecule has 0 bridgehead atoms. The minimum Gasteiger partial charge on any atom is -1.00 e. The molecule has 6 aromatic rings. The number of fused-ring (bicyclic) bond motifs is 2. The van der Waals surface area contributed by atoms with Crippen LogP contribution in [0.3, 0.4) is 0 Å². The van der Waals surface area contributed by atoms with E-state index >= 15 is 0 Å². The van der Waals surface area contributed by atoms with Crippen LogP contribution in [0.1, 0.15) is 11.1 Å². The second kappa shape index (κ2) is 12.7. The molecule has 6 rings (SSSR count). The Bertz CT molecular complexity index is 1230. The molecule has 5 aromatic carbocycles. The van der Waals surface area contributed by atoms with Gasteiger partial charge in [-0.3, -0.25) is 4.68 Å². The molecule has 0 atom stereocenters. The number of hydrogen-bond donors (Lipinski definition) is 0. The summed E-state index contributed by atoms with van der Waals surface area (Å²) in [4.78, 5) is 0. The van der Waals surface area contributed by atoms with Gasteiger partial charge in [0, 0.05) is 11.6 Å². The van der Waals surface area contributed by atoms with Gasteiger partial charge in [-0.2, -0.15) is 22.8 Å². The first-order valence-electron chi connectivity index (χ1n) is 10.2. The fourth-order valence-corrected chi connectivity index (χ4v) is 3.73. The standard InChI is InChI=1S/C16H11N2.C12H11.2ClH.Zr/c1-2-6-13-10-15(9-12(13)5-1)18-11-14-7-3-4-8-16(14)17-18;1-2-6-11(7-3-1)10-12-8-4-5-9-12;;;/h1-11H;1-9H,10H2;2*1H;/q2*-1;;;+4/p-2. The van der Waals surface area contributed by atoms with Crippen molar-refractivity contribution in [3.8, 4) is 5.69 Å². The Morgan fingerprint density at radius 3 is 2.06 bits per heavy atom. The number of aromatic nitrogens is 2. The van der Waals surface area contributed by atoms with Gasteiger partial charge in [-0.1, -0.05) is 60.2 Å². The number of hydrogen-bond acceptors (Lipinski definition) is 1. The third-order valence-corrected chi connectivity index (χ3v) is 5.26. The molecule has 0 unspecified atom stereocenters. The van der Waals surface area contributed by atoms with Crippen LogP contribution in [0.5, 0.6) is 0 Å². The molecule has 0 aliphatic rings. The topological polar surface area (TPSA) is 17.8 Å². The van der Waals surface area contributed by atoms with Crippen molar-refractivity contribution in [3.63, 3.8) is 0 Å². The molecule has 0 saturated heterocycles. The Balaban J connectivity index is 0.000000229. The van der Waals surface area contributed by atoms with E-state index in [-0.39, 0.29) is 51.0 Å². The first-order valence-corrected chi connectivity index (χ1v) is 10.2. The molecule has 5 heteroatoms. The summed E-state index contributed by atoms with van der Waals surface area (Å²) >= 11 is 0. The molecule has 33 heavy (non-hydrogen) atoms. The van der Waals surface area contributed by atoms with E-state index in [1.807, 2.05) is 22.9 Å². The van der Waals surface area contributed by atoms with E-state index in [4.69, 9.17) is 0 Å². The number of benzene rings is 3. The molecule has 0 aliphatic carbocycles. The molecule has 1 aromatic heterocycles. The van der Waals surface area contributed by atoms with Crippen LogP contribution >= 0.6 is 0 Å². The molecule has 2 nitrogen and oxygen atoms in total. The van der Waals surface area contributed by atoms with Gasteiger partial charge < -0.3 is 24.8 Å². The smallest absolute Gasteiger partial charge is 1.00 e. The van der Waals surface area contributed by atoms with E-state index in [2.05, 4.69) is 108 Å². The summed E-state index contributed by atoms with van der Waals surface area (Å²) < 4.78 is 1.95. The summed E-state index contributed by atoms with van der Waals surface area (Å²) in [6.07, 6.45) is 3.12. The minimum atomic E-state index is 0. The molecule has 0 aliphatic heterocycles. The molecule has 0 saturated carbocycles. The summed E-state index contributed by atoms with van der Waals surface area (Å²) in [6.45, 7) is 0. The van der Waals surface area contributed by atoms with Crippen molar-refractivity contribution in [1.82, 2.24) is 9.78 Å². The first kappa shape index (κ1) is 26.8. The van der Waals surface area contributed by atoms with Crippen LogP contribution < -0.4 is 24.8 Å². The van der Waals surface area contributed by atoms with Crippen LogP contribution in [0.2, 0.25) is 0 Å². The van der Waals surface area contributed by atoms with Gasteiger partial charge in [0.1, 0.15) is 0 Å². The Morgan fingerprint density at radius 1 is 0.727 bits per heavy atom. The van der Waals surface area contributed by atoms with Crippen molar-refractivity contribution in [1.29, 1.82) is 0 Å². The quantitative estimate of drug-likeness (QED) is 0.301. The zero-order valence-electron chi connectivity index (χ0n) is 17.9. The molecular weight excluding hydrogens is 526 g/mol. The summed E-state index contributed by atoms with van der Waals surface area (Å²) in [6, 6.07) is 39.9. The maximum absolute atomic E-state index is 4.59. The van der Waals surface area contributed by atoms with Gasteiger partial charge >= 0.3 is 26.2 Å². The second-order valence-corrected chi connectivity index (χ2v) is 7.43. The molecule has 162 valence electrons. The van der Waals surface area contributed by atoms with E-state index in [1.165, 1.54) is 27.3 Å². The van der Waals surface area contributed by atoms with Crippen LogP contribution in [0, 0.1) is 0 Å². The predicted molar refractivity (Wildman–Crippen MR) is 125 cm³/mol. The molecule has 1 heterocycles. The van der Waals surface area contributed by atoms with Crippen LogP contribution in [0.4, 0.5) is 0 Å². The van der Waals surface area contributed by atoms with Crippen LogP contribution in [0.15, 0.2) is 121 Å². The first-order chi connectivity index (χ1) is 14.8. The van der Waals surface area contributed by atoms with Gasteiger partial charge in [0.25, 0.3) is 0 Å². The second-order valence-electron chi connectivity index (χ2n) is 7.43. The number of halogens is 2. The molecule has 0 N–H and O–H groups in total. The third-order valence-electron chi connectivity index (χ3n) is 5.26. The maximum Gasteiger partial charge on any atom is 4.00 e. The van der Waals surface area contributed by atoms with Gasteiger partial charge in [0.2, 0.25) is 0 Å². The third kappa shape index (κ3) is 6.54. The predicted octanol–water partition coefficient (Wildman–Crippen LogP) is 0.899. The van der Waals surface area contributed by atoms with E-state index in [9.17, 15) is 0 Å². The largest absolute Gasteiger partial charge is 4.00 e. The van der Waals surface area contributed by atoms with Crippen molar-refractivity contribution in [2.24, 2.45) is 0 Å². The number of nitrogens with zero attached hydrogens (tertiary/aromatic N) is 2. The van der Waals surface area contributed by atoms with Gasteiger partial charge in [0.05, 0.1) is 5.52 Å². The van der Waals surface area contributed by atoms with E-state index in [1.54, 1.807) is 0 Å². The van der Waals surface area contributed by atoms with Gasteiger partial charge in [0.15, 0.2) is 0 Å². The van der Waals surface area contributed by atoms with Crippen molar-refractivity contribution >= 4 is 21.7 Å². The van der Waals surface area contributed by atoms with Gasteiger partial charge in [-0.15, -0.1) is 41.1 Å². The summed E-state index contributed by atoms with van der Waals surface area (Å²) in [7, 11) is 0. The van der Waals surface area contributed by atoms with Gasteiger partial charge in [-0.25, -0.2) is 12.1 Å². The Hall–Kier alpha value is -2.45. The zero-order chi connectivity index (χ0) is 20.2. The minimum absolute atomic E-state index is 0. The van der Waals surface area contributed by atoms with Crippen LogP contribution in [-0.2, 0) is 32.6 Å². The average Bonchev–Trinajstić information content (AvgIpc) is 3.53. The van der Waals surface area contributed by atoms with Crippen molar-refractivity contribution in [3.05, 3.63) is 133 Å². The van der Waals surface area contributed by atoms with Gasteiger partial charge in [-0.05, 0) is 18.2 Å². The maximum atomic E-state index is 4.59. The SMILES string of the molecule is [Cl-].[Cl-].[Zr+4].c1ccc(C[c-]2cccc2)cc1.c1ccc2[cH-]c(-n3cc4ccccc4n3)cc2c1. The fraction of sp³-hybridized carbons (Fsp3) is 0.0357. The Labute approximate surface area is 225 Å². The monoisotopic (exact) mass is 546 g/mol. The van der Waals surface area contributed by atoms with Crippen molar-refractivity contribution in [2.45, 2.75) is 6.42 Å². The summed E-state index contributed by atoms with van der Waals surface area (Å²) in [5, 5.41) is 8.28. The van der Waals surface area contributed by atoms with Crippen molar-refractivity contribution in [2.75, 3.05) is 0 Å². The van der Waals surface area contributed by atoms with Crippen LogP contribution in [-0.4, -0.2) is 9.78 Å². The average molecular weight is 549 g/mol. The summed E-state index contributed by atoms with van der Waals surface area (Å²) in [5.41, 5.74) is 4.92. The fourth-order valence-electron chi connectivity index (χ4n) is 3.73. The van der Waals surface area contributed by atoms with E-state index in [0.717, 1.165) is 17.6 Å².